The van der Waals surface area contributed by atoms with Crippen molar-refractivity contribution < 1.29 is 0 Å². The minimum Gasteiger partial charge on any atom is -0.399 e. The second kappa shape index (κ2) is 6.74. The van der Waals surface area contributed by atoms with Crippen LogP contribution >= 0.6 is 0 Å². The summed E-state index contributed by atoms with van der Waals surface area (Å²) in [5, 5.41) is 0. The molecule has 1 aromatic rings. The Morgan fingerprint density at radius 1 is 1.35 bits per heavy atom. The quantitative estimate of drug-likeness (QED) is 0.736. The van der Waals surface area contributed by atoms with Gasteiger partial charge in [-0.25, -0.2) is 0 Å². The van der Waals surface area contributed by atoms with Gasteiger partial charge >= 0.3 is 0 Å². The van der Waals surface area contributed by atoms with Gasteiger partial charge in [-0.2, -0.15) is 0 Å². The van der Waals surface area contributed by atoms with Crippen LogP contribution in [0.1, 0.15) is 24.5 Å². The van der Waals surface area contributed by atoms with Gasteiger partial charge in [0, 0.05) is 5.70 Å². The van der Waals surface area contributed by atoms with E-state index in [1.165, 1.54) is 11.1 Å². The summed E-state index contributed by atoms with van der Waals surface area (Å²) in [6.07, 6.45) is 6.78. The van der Waals surface area contributed by atoms with Crippen molar-refractivity contribution in [1.82, 2.24) is 0 Å². The Bertz CT molecular complexity index is 427. The van der Waals surface area contributed by atoms with E-state index < -0.39 is 0 Å². The highest BCUT2D eigenvalue weighted by atomic mass is 14.5. The number of aryl methyl sites for hydroxylation is 2. The largest absolute Gasteiger partial charge is 0.399 e. The predicted molar refractivity (Wildman–Crippen MR) is 75.7 cm³/mol. The highest BCUT2D eigenvalue weighted by molar-refractivity contribution is 5.28. The third-order valence-electron chi connectivity index (χ3n) is 2.73. The first-order valence-electron chi connectivity index (χ1n) is 6.01. The number of hydrogen-bond acceptors (Lipinski definition) is 1. The van der Waals surface area contributed by atoms with Gasteiger partial charge in [0.05, 0.1) is 0 Å². The molecular weight excluding hydrogens is 206 g/mol. The van der Waals surface area contributed by atoms with Crippen LogP contribution < -0.4 is 5.73 Å². The smallest absolute Gasteiger partial charge is 0.0243 e. The molecule has 0 amide bonds. The van der Waals surface area contributed by atoms with Gasteiger partial charge in [0.15, 0.2) is 0 Å². The van der Waals surface area contributed by atoms with Crippen LogP contribution in [-0.4, -0.2) is 0 Å². The van der Waals surface area contributed by atoms with E-state index in [0.717, 1.165) is 24.8 Å². The van der Waals surface area contributed by atoms with E-state index in [2.05, 4.69) is 44.3 Å². The fourth-order valence-corrected chi connectivity index (χ4v) is 1.77. The molecule has 1 aromatic carbocycles. The van der Waals surface area contributed by atoms with Gasteiger partial charge in [-0.1, -0.05) is 50.4 Å². The molecule has 0 aliphatic carbocycles. The molecule has 17 heavy (non-hydrogen) atoms. The lowest BCUT2D eigenvalue weighted by Gasteiger charge is -2.05. The topological polar surface area (TPSA) is 26.0 Å². The zero-order valence-electron chi connectivity index (χ0n) is 10.6. The van der Waals surface area contributed by atoms with E-state index in [9.17, 15) is 0 Å². The summed E-state index contributed by atoms with van der Waals surface area (Å²) >= 11 is 0. The molecule has 0 spiro atoms. The summed E-state index contributed by atoms with van der Waals surface area (Å²) in [5.41, 5.74) is 10.0. The fourth-order valence-electron chi connectivity index (χ4n) is 1.77. The standard InChI is InChI=1S/C16H21N/c1-4-14-7-6-8-16(12-14)10-9-15(5-2)11-13(3)17/h5-8,11-12H,2-4,9-10,17H2,1H3. The third kappa shape index (κ3) is 4.73. The lowest BCUT2D eigenvalue weighted by molar-refractivity contribution is 0.956. The van der Waals surface area contributed by atoms with Crippen LogP contribution in [0.15, 0.2) is 60.8 Å². The monoisotopic (exact) mass is 227 g/mol. The Morgan fingerprint density at radius 3 is 2.65 bits per heavy atom. The molecule has 0 aliphatic heterocycles. The summed E-state index contributed by atoms with van der Waals surface area (Å²) in [7, 11) is 0. The Labute approximate surface area is 104 Å². The van der Waals surface area contributed by atoms with E-state index in [0.29, 0.717) is 5.70 Å². The first kappa shape index (κ1) is 13.3. The molecule has 0 unspecified atom stereocenters. The zero-order chi connectivity index (χ0) is 12.7. The molecular formula is C16H21N. The van der Waals surface area contributed by atoms with Gasteiger partial charge in [0.1, 0.15) is 0 Å². The average Bonchev–Trinajstić information content (AvgIpc) is 2.34. The molecule has 0 atom stereocenters. The number of hydrogen-bond donors (Lipinski definition) is 1. The number of nitrogens with two attached hydrogens (primary N) is 1. The van der Waals surface area contributed by atoms with E-state index >= 15 is 0 Å². The molecule has 0 saturated carbocycles. The SMILES string of the molecule is C=CC(=CC(=C)N)CCc1cccc(CC)c1. The van der Waals surface area contributed by atoms with Crippen LogP contribution in [0, 0.1) is 0 Å². The number of benzene rings is 1. The fraction of sp³-hybridized carbons (Fsp3) is 0.250. The van der Waals surface area contributed by atoms with Crippen LogP contribution in [0.3, 0.4) is 0 Å². The summed E-state index contributed by atoms with van der Waals surface area (Å²) in [6, 6.07) is 8.71. The van der Waals surface area contributed by atoms with Crippen molar-refractivity contribution >= 4 is 0 Å². The lowest BCUT2D eigenvalue weighted by atomic mass is 10.0. The summed E-state index contributed by atoms with van der Waals surface area (Å²) < 4.78 is 0. The van der Waals surface area contributed by atoms with E-state index in [4.69, 9.17) is 5.73 Å². The molecule has 0 aromatic heterocycles. The maximum absolute atomic E-state index is 5.56. The maximum atomic E-state index is 5.56. The minimum absolute atomic E-state index is 0.585. The molecule has 0 aliphatic rings. The lowest BCUT2D eigenvalue weighted by Crippen LogP contribution is -1.94. The Balaban J connectivity index is 2.65. The molecule has 0 fully saturated rings. The third-order valence-corrected chi connectivity index (χ3v) is 2.73. The first-order chi connectivity index (χ1) is 8.15. The van der Waals surface area contributed by atoms with Gasteiger partial charge in [0.2, 0.25) is 0 Å². The van der Waals surface area contributed by atoms with Crippen molar-refractivity contribution in [2.45, 2.75) is 26.2 Å². The summed E-state index contributed by atoms with van der Waals surface area (Å²) in [4.78, 5) is 0. The second-order valence-corrected chi connectivity index (χ2v) is 4.17. The molecule has 0 heterocycles. The van der Waals surface area contributed by atoms with Gasteiger partial charge < -0.3 is 5.73 Å². The molecule has 0 bridgehead atoms. The van der Waals surface area contributed by atoms with Crippen LogP contribution in [-0.2, 0) is 12.8 Å². The molecule has 90 valence electrons. The number of allylic oxidation sites excluding steroid dienone is 3. The van der Waals surface area contributed by atoms with Crippen molar-refractivity contribution in [1.29, 1.82) is 0 Å². The van der Waals surface area contributed by atoms with E-state index in [1.54, 1.807) is 0 Å². The summed E-state index contributed by atoms with van der Waals surface area (Å²) in [6.45, 7) is 9.65. The maximum Gasteiger partial charge on any atom is 0.0243 e. The molecule has 0 saturated heterocycles. The van der Waals surface area contributed by atoms with Crippen LogP contribution in [0.25, 0.3) is 0 Å². The van der Waals surface area contributed by atoms with E-state index in [1.807, 2.05) is 12.2 Å². The first-order valence-corrected chi connectivity index (χ1v) is 6.01. The van der Waals surface area contributed by atoms with Crippen molar-refractivity contribution in [2.75, 3.05) is 0 Å². The predicted octanol–water partition coefficient (Wildman–Crippen LogP) is 3.77. The van der Waals surface area contributed by atoms with Crippen LogP contribution in [0.4, 0.5) is 0 Å². The minimum atomic E-state index is 0.585. The van der Waals surface area contributed by atoms with Gasteiger partial charge in [-0.05, 0) is 42.0 Å². The van der Waals surface area contributed by atoms with Crippen molar-refractivity contribution in [2.24, 2.45) is 5.73 Å². The van der Waals surface area contributed by atoms with Gasteiger partial charge in [-0.15, -0.1) is 0 Å². The van der Waals surface area contributed by atoms with Crippen LogP contribution in [0.2, 0.25) is 0 Å². The van der Waals surface area contributed by atoms with Gasteiger partial charge in [0.25, 0.3) is 0 Å². The van der Waals surface area contributed by atoms with E-state index in [-0.39, 0.29) is 0 Å². The highest BCUT2D eigenvalue weighted by Gasteiger charge is 1.97. The molecule has 1 nitrogen and oxygen atoms in total. The molecule has 2 N–H and O–H groups in total. The number of rotatable bonds is 6. The Morgan fingerprint density at radius 2 is 2.06 bits per heavy atom. The Hall–Kier alpha value is -1.76. The highest BCUT2D eigenvalue weighted by Crippen LogP contribution is 2.13. The van der Waals surface area contributed by atoms with Crippen molar-refractivity contribution in [3.05, 3.63) is 72.0 Å². The normalized spacial score (nSPS) is 11.2. The zero-order valence-corrected chi connectivity index (χ0v) is 10.6. The molecule has 1 heteroatoms. The molecule has 1 rings (SSSR count). The van der Waals surface area contributed by atoms with Crippen molar-refractivity contribution in [3.8, 4) is 0 Å². The second-order valence-electron chi connectivity index (χ2n) is 4.17. The average molecular weight is 227 g/mol. The van der Waals surface area contributed by atoms with Gasteiger partial charge in [-0.3, -0.25) is 0 Å². The van der Waals surface area contributed by atoms with Crippen molar-refractivity contribution in [3.63, 3.8) is 0 Å². The van der Waals surface area contributed by atoms with Crippen LogP contribution in [0.5, 0.6) is 0 Å². The summed E-state index contributed by atoms with van der Waals surface area (Å²) in [5.74, 6) is 0. The Kier molecular flexibility index (Phi) is 5.28. The molecule has 0 radical (unpaired) electrons.